The fourth-order valence-electron chi connectivity index (χ4n) is 0. The topological polar surface area (TPSA) is 63.3 Å². The zero-order valence-corrected chi connectivity index (χ0v) is 3.81. The maximum absolute atomic E-state index is 11.6. The van der Waals surface area contributed by atoms with Crippen LogP contribution in [0.2, 0.25) is 0 Å². The number of hydrogen-bond acceptors (Lipinski definition) is 2. The smallest absolute Gasteiger partial charge is 0.283 e. The molecular formula is C3H6FNO2. The van der Waals surface area contributed by atoms with Crippen molar-refractivity contribution in [2.45, 2.75) is 12.8 Å². The first-order valence-electron chi connectivity index (χ1n) is 1.66. The van der Waals surface area contributed by atoms with Crippen molar-refractivity contribution in [3.8, 4) is 0 Å². The molecule has 0 fully saturated rings. The van der Waals surface area contributed by atoms with Crippen LogP contribution < -0.4 is 5.73 Å². The first kappa shape index (κ1) is 6.36. The monoisotopic (exact) mass is 107 g/mol. The van der Waals surface area contributed by atoms with Crippen LogP contribution in [0.4, 0.5) is 4.39 Å². The predicted molar refractivity (Wildman–Crippen MR) is 20.9 cm³/mol. The molecule has 0 aliphatic carbocycles. The molecule has 3 N–H and O–H groups in total. The van der Waals surface area contributed by atoms with Crippen LogP contribution in [0, 0.1) is 0 Å². The maximum Gasteiger partial charge on any atom is 0.283 e. The van der Waals surface area contributed by atoms with E-state index < -0.39 is 11.8 Å². The third-order valence-electron chi connectivity index (χ3n) is 0.450. The average molecular weight is 107 g/mol. The largest absolute Gasteiger partial charge is 0.365 e. The van der Waals surface area contributed by atoms with E-state index >= 15 is 0 Å². The molecule has 4 heteroatoms. The van der Waals surface area contributed by atoms with Gasteiger partial charge in [0.15, 0.2) is 0 Å². The van der Waals surface area contributed by atoms with Gasteiger partial charge in [0.1, 0.15) is 0 Å². The van der Waals surface area contributed by atoms with Crippen LogP contribution in [0.3, 0.4) is 0 Å². The molecule has 42 valence electrons. The minimum absolute atomic E-state index is 0.676. The average Bonchev–Trinajstić information content (AvgIpc) is 1.31. The zero-order chi connectivity index (χ0) is 6.08. The van der Waals surface area contributed by atoms with Crippen LogP contribution in [0.5, 0.6) is 0 Å². The highest BCUT2D eigenvalue weighted by Gasteiger charge is 2.25. The number of nitrogens with two attached hydrogens (primary N) is 1. The van der Waals surface area contributed by atoms with Gasteiger partial charge in [0, 0.05) is 6.92 Å². The fourth-order valence-corrected chi connectivity index (χ4v) is 0. The van der Waals surface area contributed by atoms with Crippen molar-refractivity contribution >= 4 is 5.91 Å². The summed E-state index contributed by atoms with van der Waals surface area (Å²) in [5, 5.41) is 7.95. The minimum atomic E-state index is -2.86. The lowest BCUT2D eigenvalue weighted by Gasteiger charge is -2.04. The van der Waals surface area contributed by atoms with E-state index in [2.05, 4.69) is 5.73 Å². The van der Waals surface area contributed by atoms with Crippen molar-refractivity contribution in [1.29, 1.82) is 0 Å². The molecule has 0 radical (unpaired) electrons. The molecule has 7 heavy (non-hydrogen) atoms. The van der Waals surface area contributed by atoms with Crippen LogP contribution in [0.15, 0.2) is 0 Å². The lowest BCUT2D eigenvalue weighted by molar-refractivity contribution is -0.152. The molecule has 1 amide bonds. The van der Waals surface area contributed by atoms with Crippen molar-refractivity contribution < 1.29 is 14.3 Å². The van der Waals surface area contributed by atoms with E-state index in [9.17, 15) is 9.18 Å². The van der Waals surface area contributed by atoms with Gasteiger partial charge in [0.2, 0.25) is 0 Å². The number of hydrogen-bond donors (Lipinski definition) is 2. The minimum Gasteiger partial charge on any atom is -0.365 e. The van der Waals surface area contributed by atoms with Crippen LogP contribution in [-0.2, 0) is 4.79 Å². The molecule has 0 aliphatic rings. The van der Waals surface area contributed by atoms with E-state index in [4.69, 9.17) is 5.11 Å². The first-order valence-corrected chi connectivity index (χ1v) is 1.66. The van der Waals surface area contributed by atoms with Gasteiger partial charge in [-0.15, -0.1) is 0 Å². The number of alkyl halides is 1. The Morgan fingerprint density at radius 1 is 2.00 bits per heavy atom. The lowest BCUT2D eigenvalue weighted by Crippen LogP contribution is -2.35. The van der Waals surface area contributed by atoms with E-state index in [1.54, 1.807) is 0 Å². The quantitative estimate of drug-likeness (QED) is 0.458. The molecule has 0 heterocycles. The highest BCUT2D eigenvalue weighted by Crippen LogP contribution is 2.00. The third kappa shape index (κ3) is 2.11. The van der Waals surface area contributed by atoms with Gasteiger partial charge in [0.25, 0.3) is 11.8 Å². The van der Waals surface area contributed by atoms with Gasteiger partial charge in [-0.2, -0.15) is 0 Å². The molecule has 0 aromatic carbocycles. The van der Waals surface area contributed by atoms with Crippen molar-refractivity contribution in [3.05, 3.63) is 0 Å². The fraction of sp³-hybridized carbons (Fsp3) is 0.667. The summed E-state index contributed by atoms with van der Waals surface area (Å²) in [6.07, 6.45) is 0. The van der Waals surface area contributed by atoms with Crippen LogP contribution >= 0.6 is 0 Å². The summed E-state index contributed by atoms with van der Waals surface area (Å²) in [7, 11) is 0. The summed E-state index contributed by atoms with van der Waals surface area (Å²) in [6.45, 7) is 0.676. The summed E-state index contributed by atoms with van der Waals surface area (Å²) >= 11 is 0. The van der Waals surface area contributed by atoms with Gasteiger partial charge < -0.3 is 10.8 Å². The Morgan fingerprint density at radius 3 is 2.14 bits per heavy atom. The molecule has 0 aromatic heterocycles. The molecule has 0 aliphatic heterocycles. The Morgan fingerprint density at radius 2 is 2.14 bits per heavy atom. The number of primary amides is 1. The Labute approximate surface area is 39.9 Å². The van der Waals surface area contributed by atoms with Gasteiger partial charge in [-0.05, 0) is 0 Å². The highest BCUT2D eigenvalue weighted by atomic mass is 19.2. The number of carbonyl (C=O) groups excluding carboxylic acids is 1. The summed E-state index contributed by atoms with van der Waals surface area (Å²) in [6, 6.07) is 0. The molecule has 0 rings (SSSR count). The van der Waals surface area contributed by atoms with Gasteiger partial charge in [0.05, 0.1) is 0 Å². The number of rotatable bonds is 1. The molecule has 1 unspecified atom stereocenters. The molecule has 3 nitrogen and oxygen atoms in total. The second-order valence-electron chi connectivity index (χ2n) is 1.32. The summed E-state index contributed by atoms with van der Waals surface area (Å²) in [4.78, 5) is 9.62. The van der Waals surface area contributed by atoms with Crippen molar-refractivity contribution in [2.75, 3.05) is 0 Å². The van der Waals surface area contributed by atoms with Crippen molar-refractivity contribution in [2.24, 2.45) is 5.73 Å². The highest BCUT2D eigenvalue weighted by molar-refractivity contribution is 5.80. The summed E-state index contributed by atoms with van der Waals surface area (Å²) < 4.78 is 11.6. The van der Waals surface area contributed by atoms with Crippen molar-refractivity contribution in [3.63, 3.8) is 0 Å². The Balaban J connectivity index is 3.79. The second-order valence-corrected chi connectivity index (χ2v) is 1.32. The number of aliphatic hydroxyl groups is 1. The van der Waals surface area contributed by atoms with E-state index in [0.717, 1.165) is 0 Å². The molecule has 0 bridgehead atoms. The number of halogens is 1. The Hall–Kier alpha value is -0.640. The van der Waals surface area contributed by atoms with Gasteiger partial charge in [-0.3, -0.25) is 4.79 Å². The van der Waals surface area contributed by atoms with Crippen molar-refractivity contribution in [1.82, 2.24) is 0 Å². The van der Waals surface area contributed by atoms with E-state index in [0.29, 0.717) is 6.92 Å². The van der Waals surface area contributed by atoms with Crippen LogP contribution in [0.25, 0.3) is 0 Å². The third-order valence-corrected chi connectivity index (χ3v) is 0.450. The summed E-state index contributed by atoms with van der Waals surface area (Å²) in [5.74, 6) is -4.23. The van der Waals surface area contributed by atoms with Gasteiger partial charge >= 0.3 is 0 Å². The first-order chi connectivity index (χ1) is 2.94. The standard InChI is InChI=1S/C3H6FNO2/c1-3(4,7)2(5)6/h7H,1H3,(H2,5,6). The Kier molecular flexibility index (Phi) is 1.32. The SMILES string of the molecule is CC(O)(F)C(N)=O. The molecule has 0 saturated heterocycles. The molecule has 0 saturated carbocycles. The predicted octanol–water partition coefficient (Wildman–Crippen LogP) is -0.850. The molecule has 0 aromatic rings. The zero-order valence-electron chi connectivity index (χ0n) is 3.81. The Bertz CT molecular complexity index is 85.4. The summed E-state index contributed by atoms with van der Waals surface area (Å²) in [5.41, 5.74) is 4.31. The van der Waals surface area contributed by atoms with E-state index in [1.165, 1.54) is 0 Å². The van der Waals surface area contributed by atoms with Gasteiger partial charge in [-0.1, -0.05) is 0 Å². The number of carbonyl (C=O) groups is 1. The van der Waals surface area contributed by atoms with E-state index in [-0.39, 0.29) is 0 Å². The second kappa shape index (κ2) is 1.46. The van der Waals surface area contributed by atoms with Crippen LogP contribution in [0.1, 0.15) is 6.92 Å². The molecule has 0 spiro atoms. The number of amides is 1. The van der Waals surface area contributed by atoms with Gasteiger partial charge in [-0.25, -0.2) is 4.39 Å². The van der Waals surface area contributed by atoms with Crippen LogP contribution in [-0.4, -0.2) is 16.9 Å². The molecular weight excluding hydrogens is 101 g/mol. The molecule has 1 atom stereocenters. The lowest BCUT2D eigenvalue weighted by atomic mass is 10.3. The van der Waals surface area contributed by atoms with E-state index in [1.807, 2.05) is 0 Å². The maximum atomic E-state index is 11.6. The normalized spacial score (nSPS) is 18.1.